The standard InChI is InChI=1S/C12H24N2O3S2/c1-18-10-5-3-9(4-6-10)14-12(15)11(13)7-8-19(2,16)17/h9-11H,3-8,13H2,1-2H3,(H,14,15). The van der Waals surface area contributed by atoms with Gasteiger partial charge in [0, 0.05) is 17.5 Å². The molecule has 1 rings (SSSR count). The van der Waals surface area contributed by atoms with Crippen molar-refractivity contribution in [1.82, 2.24) is 5.32 Å². The first-order chi connectivity index (χ1) is 8.81. The number of carbonyl (C=O) groups is 1. The van der Waals surface area contributed by atoms with E-state index in [4.69, 9.17) is 5.73 Å². The zero-order valence-corrected chi connectivity index (χ0v) is 13.2. The normalized spacial score (nSPS) is 25.8. The fraction of sp³-hybridized carbons (Fsp3) is 0.917. The van der Waals surface area contributed by atoms with Crippen molar-refractivity contribution in [1.29, 1.82) is 0 Å². The average Bonchev–Trinajstić information content (AvgIpc) is 2.36. The van der Waals surface area contributed by atoms with Gasteiger partial charge in [0.05, 0.1) is 11.8 Å². The molecule has 3 N–H and O–H groups in total. The Hall–Kier alpha value is -0.270. The van der Waals surface area contributed by atoms with Crippen molar-refractivity contribution in [2.75, 3.05) is 18.3 Å². The summed E-state index contributed by atoms with van der Waals surface area (Å²) in [5.74, 6) is -0.267. The SMILES string of the molecule is CSC1CCC(NC(=O)C(N)CCS(C)(=O)=O)CC1. The number of hydrogen-bond acceptors (Lipinski definition) is 5. The molecule has 0 spiro atoms. The van der Waals surface area contributed by atoms with Crippen LogP contribution in [0.3, 0.4) is 0 Å². The summed E-state index contributed by atoms with van der Waals surface area (Å²) in [5, 5.41) is 3.63. The van der Waals surface area contributed by atoms with Crippen molar-refractivity contribution < 1.29 is 13.2 Å². The molecule has 112 valence electrons. The minimum atomic E-state index is -3.06. The number of rotatable bonds is 6. The van der Waals surface area contributed by atoms with E-state index in [1.165, 1.54) is 0 Å². The highest BCUT2D eigenvalue weighted by atomic mass is 32.2. The molecular weight excluding hydrogens is 284 g/mol. The maximum Gasteiger partial charge on any atom is 0.237 e. The van der Waals surface area contributed by atoms with Crippen LogP contribution < -0.4 is 11.1 Å². The molecule has 1 aliphatic carbocycles. The van der Waals surface area contributed by atoms with Crippen LogP contribution in [0.1, 0.15) is 32.1 Å². The summed E-state index contributed by atoms with van der Waals surface area (Å²) >= 11 is 1.88. The van der Waals surface area contributed by atoms with Crippen molar-refractivity contribution in [2.24, 2.45) is 5.73 Å². The lowest BCUT2D eigenvalue weighted by Gasteiger charge is -2.28. The van der Waals surface area contributed by atoms with E-state index in [1.807, 2.05) is 11.8 Å². The predicted octanol–water partition coefficient (Wildman–Crippen LogP) is 0.539. The Morgan fingerprint density at radius 1 is 1.37 bits per heavy atom. The first-order valence-electron chi connectivity index (χ1n) is 6.58. The summed E-state index contributed by atoms with van der Waals surface area (Å²) in [6.07, 6.45) is 7.65. The largest absolute Gasteiger partial charge is 0.352 e. The summed E-state index contributed by atoms with van der Waals surface area (Å²) in [6, 6.07) is -0.534. The van der Waals surface area contributed by atoms with Crippen LogP contribution in [0.5, 0.6) is 0 Å². The second-order valence-corrected chi connectivity index (χ2v) is 8.64. The van der Waals surface area contributed by atoms with Crippen LogP contribution in [0.4, 0.5) is 0 Å². The molecule has 19 heavy (non-hydrogen) atoms. The number of carbonyl (C=O) groups excluding carboxylic acids is 1. The molecule has 0 radical (unpaired) electrons. The fourth-order valence-corrected chi connectivity index (χ4v) is 3.65. The van der Waals surface area contributed by atoms with Gasteiger partial charge in [-0.15, -0.1) is 0 Å². The first kappa shape index (κ1) is 16.8. The van der Waals surface area contributed by atoms with Crippen LogP contribution in [-0.2, 0) is 14.6 Å². The molecule has 0 aromatic carbocycles. The monoisotopic (exact) mass is 308 g/mol. The van der Waals surface area contributed by atoms with Crippen molar-refractivity contribution in [2.45, 2.75) is 49.4 Å². The quantitative estimate of drug-likeness (QED) is 0.747. The maximum absolute atomic E-state index is 11.8. The number of hydrogen-bond donors (Lipinski definition) is 2. The smallest absolute Gasteiger partial charge is 0.237 e. The molecule has 7 heteroatoms. The Kier molecular flexibility index (Phi) is 6.62. The molecule has 0 bridgehead atoms. The number of sulfone groups is 1. The van der Waals surface area contributed by atoms with Gasteiger partial charge in [0.25, 0.3) is 0 Å². The van der Waals surface area contributed by atoms with Gasteiger partial charge >= 0.3 is 0 Å². The molecule has 1 saturated carbocycles. The maximum atomic E-state index is 11.8. The second-order valence-electron chi connectivity index (χ2n) is 5.24. The second kappa shape index (κ2) is 7.50. The third kappa shape index (κ3) is 6.63. The van der Waals surface area contributed by atoms with E-state index in [9.17, 15) is 13.2 Å². The molecule has 1 unspecified atom stereocenters. The third-order valence-corrected chi connectivity index (χ3v) is 5.61. The Labute approximate surface area is 120 Å². The topological polar surface area (TPSA) is 89.3 Å². The molecule has 1 amide bonds. The van der Waals surface area contributed by atoms with Gasteiger partial charge in [0.15, 0.2) is 0 Å². The zero-order valence-electron chi connectivity index (χ0n) is 11.6. The lowest BCUT2D eigenvalue weighted by Crippen LogP contribution is -2.47. The molecule has 0 saturated heterocycles. The molecule has 5 nitrogen and oxygen atoms in total. The minimum absolute atomic E-state index is 0.0409. The fourth-order valence-electron chi connectivity index (χ4n) is 2.22. The van der Waals surface area contributed by atoms with Crippen LogP contribution in [0, 0.1) is 0 Å². The Morgan fingerprint density at radius 2 is 1.95 bits per heavy atom. The molecule has 1 fully saturated rings. The van der Waals surface area contributed by atoms with E-state index < -0.39 is 15.9 Å². The summed E-state index contributed by atoms with van der Waals surface area (Å²) in [4.78, 5) is 11.8. The lowest BCUT2D eigenvalue weighted by molar-refractivity contribution is -0.123. The lowest BCUT2D eigenvalue weighted by atomic mass is 9.94. The third-order valence-electron chi connectivity index (χ3n) is 3.49. The molecule has 0 heterocycles. The number of nitrogens with two attached hydrogens (primary N) is 1. The van der Waals surface area contributed by atoms with Crippen LogP contribution >= 0.6 is 11.8 Å². The Morgan fingerprint density at radius 3 is 2.42 bits per heavy atom. The van der Waals surface area contributed by atoms with Crippen LogP contribution in [0.2, 0.25) is 0 Å². The highest BCUT2D eigenvalue weighted by molar-refractivity contribution is 7.99. The summed E-state index contributed by atoms with van der Waals surface area (Å²) in [7, 11) is -3.06. The highest BCUT2D eigenvalue weighted by Crippen LogP contribution is 2.26. The summed E-state index contributed by atoms with van der Waals surface area (Å²) in [5.41, 5.74) is 5.71. The predicted molar refractivity (Wildman–Crippen MR) is 80.0 cm³/mol. The molecule has 0 aromatic heterocycles. The van der Waals surface area contributed by atoms with Gasteiger partial charge in [-0.25, -0.2) is 8.42 Å². The van der Waals surface area contributed by atoms with Gasteiger partial charge in [-0.2, -0.15) is 11.8 Å². The van der Waals surface area contributed by atoms with Gasteiger partial charge in [-0.3, -0.25) is 4.79 Å². The highest BCUT2D eigenvalue weighted by Gasteiger charge is 2.24. The van der Waals surface area contributed by atoms with Gasteiger partial charge in [-0.1, -0.05) is 0 Å². The van der Waals surface area contributed by atoms with Crippen molar-refractivity contribution in [3.8, 4) is 0 Å². The molecule has 0 aliphatic heterocycles. The first-order valence-corrected chi connectivity index (χ1v) is 9.93. The van der Waals surface area contributed by atoms with Crippen molar-refractivity contribution in [3.63, 3.8) is 0 Å². The van der Waals surface area contributed by atoms with E-state index in [2.05, 4.69) is 11.6 Å². The van der Waals surface area contributed by atoms with E-state index in [-0.39, 0.29) is 24.1 Å². The average molecular weight is 308 g/mol. The number of thioether (sulfide) groups is 1. The molecule has 1 atom stereocenters. The van der Waals surface area contributed by atoms with Gasteiger partial charge in [0.1, 0.15) is 9.84 Å². The van der Waals surface area contributed by atoms with Crippen LogP contribution in [0.15, 0.2) is 0 Å². The van der Waals surface area contributed by atoms with Gasteiger partial charge in [-0.05, 0) is 38.4 Å². The van der Waals surface area contributed by atoms with Crippen LogP contribution in [0.25, 0.3) is 0 Å². The Balaban J connectivity index is 2.30. The molecule has 1 aliphatic rings. The van der Waals surface area contributed by atoms with Crippen molar-refractivity contribution >= 4 is 27.5 Å². The molecule has 0 aromatic rings. The van der Waals surface area contributed by atoms with E-state index in [0.29, 0.717) is 5.25 Å². The van der Waals surface area contributed by atoms with E-state index >= 15 is 0 Å². The van der Waals surface area contributed by atoms with E-state index in [1.54, 1.807) is 0 Å². The summed E-state index contributed by atoms with van der Waals surface area (Å²) in [6.45, 7) is 0. The zero-order chi connectivity index (χ0) is 14.5. The van der Waals surface area contributed by atoms with E-state index in [0.717, 1.165) is 31.9 Å². The van der Waals surface area contributed by atoms with Crippen molar-refractivity contribution in [3.05, 3.63) is 0 Å². The Bertz CT molecular complexity index is 390. The van der Waals surface area contributed by atoms with Crippen LogP contribution in [-0.4, -0.2) is 49.9 Å². The molecular formula is C12H24N2O3S2. The summed E-state index contributed by atoms with van der Waals surface area (Å²) < 4.78 is 22.1. The van der Waals surface area contributed by atoms with Gasteiger partial charge in [0.2, 0.25) is 5.91 Å². The minimum Gasteiger partial charge on any atom is -0.352 e. The number of nitrogens with one attached hydrogen (secondary N) is 1. The van der Waals surface area contributed by atoms with Gasteiger partial charge < -0.3 is 11.1 Å². The number of amides is 1.